The third-order valence-electron chi connectivity index (χ3n) is 1.95. The Balaban J connectivity index is 2.85. The molecule has 1 unspecified atom stereocenters. The van der Waals surface area contributed by atoms with Crippen molar-refractivity contribution >= 4 is 15.9 Å². The van der Waals surface area contributed by atoms with Gasteiger partial charge in [0.1, 0.15) is 11.8 Å². The van der Waals surface area contributed by atoms with Crippen molar-refractivity contribution in [1.82, 2.24) is 5.32 Å². The molecular formula is C7H11BrN2O3. The summed E-state index contributed by atoms with van der Waals surface area (Å²) in [6, 6.07) is 0. The highest BCUT2D eigenvalue weighted by atomic mass is 79.9. The van der Waals surface area contributed by atoms with Gasteiger partial charge in [-0.25, -0.2) is 0 Å². The molecule has 0 spiro atoms. The van der Waals surface area contributed by atoms with Gasteiger partial charge in [0.2, 0.25) is 0 Å². The van der Waals surface area contributed by atoms with E-state index in [1.165, 1.54) is 0 Å². The van der Waals surface area contributed by atoms with Crippen molar-refractivity contribution in [1.29, 1.82) is 0 Å². The van der Waals surface area contributed by atoms with Gasteiger partial charge in [-0.2, -0.15) is 0 Å². The number of ether oxygens (including phenoxy) is 1. The molecule has 0 aromatic heterocycles. The minimum absolute atomic E-state index is 0.0287. The summed E-state index contributed by atoms with van der Waals surface area (Å²) >= 11 is 2.92. The first-order valence-electron chi connectivity index (χ1n) is 3.97. The smallest absolute Gasteiger partial charge is 0.332 e. The average molecular weight is 251 g/mol. The van der Waals surface area contributed by atoms with E-state index in [9.17, 15) is 10.1 Å². The Labute approximate surface area is 84.4 Å². The third-order valence-corrected chi connectivity index (χ3v) is 2.66. The second-order valence-corrected chi connectivity index (χ2v) is 3.51. The maximum Gasteiger partial charge on any atom is 0.332 e. The van der Waals surface area contributed by atoms with Crippen molar-refractivity contribution in [3.63, 3.8) is 0 Å². The molecule has 13 heavy (non-hydrogen) atoms. The molecule has 74 valence electrons. The van der Waals surface area contributed by atoms with Crippen molar-refractivity contribution in [3.8, 4) is 0 Å². The van der Waals surface area contributed by atoms with Gasteiger partial charge in [-0.05, 0) is 12.8 Å². The molecule has 5 nitrogen and oxygen atoms in total. The molecule has 0 aliphatic carbocycles. The summed E-state index contributed by atoms with van der Waals surface area (Å²) < 4.78 is 5.09. The van der Waals surface area contributed by atoms with Crippen molar-refractivity contribution in [3.05, 3.63) is 20.4 Å². The molecule has 1 aliphatic heterocycles. The number of rotatable bonds is 2. The minimum Gasteiger partial charge on any atom is -0.380 e. The number of nitrogens with zero attached hydrogens (tertiary/aromatic N) is 1. The predicted octanol–water partition coefficient (Wildman–Crippen LogP) is 1.23. The Kier molecular flexibility index (Phi) is 3.68. The summed E-state index contributed by atoms with van der Waals surface area (Å²) in [7, 11) is 1.55. The lowest BCUT2D eigenvalue weighted by Gasteiger charge is -2.24. The van der Waals surface area contributed by atoms with E-state index in [0.717, 1.165) is 19.4 Å². The van der Waals surface area contributed by atoms with Gasteiger partial charge in [0.05, 0.1) is 4.92 Å². The molecule has 1 atom stereocenters. The van der Waals surface area contributed by atoms with Gasteiger partial charge in [-0.3, -0.25) is 10.1 Å². The summed E-state index contributed by atoms with van der Waals surface area (Å²) in [5, 5.41) is 13.4. The van der Waals surface area contributed by atoms with E-state index in [4.69, 9.17) is 4.74 Å². The molecule has 0 radical (unpaired) electrons. The number of nitro groups is 1. The number of nitrogens with one attached hydrogen (secondary N) is 1. The molecule has 1 heterocycles. The highest BCUT2D eigenvalue weighted by molar-refractivity contribution is 9.11. The van der Waals surface area contributed by atoms with Gasteiger partial charge in [0, 0.05) is 29.6 Å². The van der Waals surface area contributed by atoms with Crippen LogP contribution in [0.4, 0.5) is 0 Å². The Bertz CT molecular complexity index is 242. The first-order chi connectivity index (χ1) is 6.16. The van der Waals surface area contributed by atoms with Crippen molar-refractivity contribution in [2.45, 2.75) is 18.9 Å². The van der Waals surface area contributed by atoms with Gasteiger partial charge in [0.15, 0.2) is 0 Å². The fourth-order valence-electron chi connectivity index (χ4n) is 1.31. The molecule has 0 saturated carbocycles. The third kappa shape index (κ3) is 2.41. The van der Waals surface area contributed by atoms with Crippen LogP contribution in [0.15, 0.2) is 10.3 Å². The van der Waals surface area contributed by atoms with Crippen molar-refractivity contribution in [2.75, 3.05) is 13.7 Å². The molecule has 1 aliphatic rings. The second-order valence-electron chi connectivity index (χ2n) is 2.75. The van der Waals surface area contributed by atoms with Crippen LogP contribution in [-0.2, 0) is 4.74 Å². The van der Waals surface area contributed by atoms with Crippen molar-refractivity contribution in [2.24, 2.45) is 0 Å². The first kappa shape index (κ1) is 10.5. The quantitative estimate of drug-likeness (QED) is 0.455. The van der Waals surface area contributed by atoms with Crippen LogP contribution in [0.25, 0.3) is 0 Å². The maximum absolute atomic E-state index is 10.5. The van der Waals surface area contributed by atoms with Gasteiger partial charge >= 0.3 is 4.61 Å². The van der Waals surface area contributed by atoms with Crippen LogP contribution >= 0.6 is 15.9 Å². The second kappa shape index (κ2) is 4.57. The van der Waals surface area contributed by atoms with Crippen LogP contribution in [0.3, 0.4) is 0 Å². The Morgan fingerprint density at radius 3 is 3.08 bits per heavy atom. The van der Waals surface area contributed by atoms with E-state index in [-0.39, 0.29) is 10.7 Å². The normalized spacial score (nSPS) is 26.5. The van der Waals surface area contributed by atoms with Crippen LogP contribution in [0.2, 0.25) is 0 Å². The first-order valence-corrected chi connectivity index (χ1v) is 4.77. The molecule has 0 aromatic rings. The maximum atomic E-state index is 10.5. The van der Waals surface area contributed by atoms with Gasteiger partial charge < -0.3 is 10.1 Å². The fraction of sp³-hybridized carbons (Fsp3) is 0.714. The lowest BCUT2D eigenvalue weighted by molar-refractivity contribution is -0.411. The Morgan fingerprint density at radius 1 is 1.85 bits per heavy atom. The monoisotopic (exact) mass is 250 g/mol. The molecule has 6 heteroatoms. The number of hydrogen-bond acceptors (Lipinski definition) is 4. The zero-order valence-corrected chi connectivity index (χ0v) is 8.83. The SMILES string of the molecule is COC1CCCNC1=C(Br)[N+](=O)[O-]. The van der Waals surface area contributed by atoms with Crippen LogP contribution in [-0.4, -0.2) is 24.7 Å². The van der Waals surface area contributed by atoms with Gasteiger partial charge in [0.25, 0.3) is 0 Å². The molecule has 0 bridgehead atoms. The number of hydrogen-bond donors (Lipinski definition) is 1. The summed E-state index contributed by atoms with van der Waals surface area (Å²) in [6.45, 7) is 0.762. The van der Waals surface area contributed by atoms with E-state index in [1.54, 1.807) is 7.11 Å². The minimum atomic E-state index is -0.459. The van der Waals surface area contributed by atoms with E-state index in [0.29, 0.717) is 5.70 Å². The lowest BCUT2D eigenvalue weighted by atomic mass is 10.1. The van der Waals surface area contributed by atoms with Crippen LogP contribution in [0.1, 0.15) is 12.8 Å². The summed E-state index contributed by atoms with van der Waals surface area (Å²) in [4.78, 5) is 10.0. The zero-order valence-electron chi connectivity index (χ0n) is 7.25. The molecule has 1 saturated heterocycles. The van der Waals surface area contributed by atoms with Gasteiger partial charge in [-0.15, -0.1) is 0 Å². The van der Waals surface area contributed by atoms with Crippen molar-refractivity contribution < 1.29 is 9.66 Å². The largest absolute Gasteiger partial charge is 0.380 e. The summed E-state index contributed by atoms with van der Waals surface area (Å²) in [5.74, 6) is 0. The molecule has 0 aromatic carbocycles. The van der Waals surface area contributed by atoms with E-state index in [2.05, 4.69) is 21.2 Å². The molecular weight excluding hydrogens is 240 g/mol. The van der Waals surface area contributed by atoms with Crippen LogP contribution in [0, 0.1) is 10.1 Å². The van der Waals surface area contributed by atoms with Gasteiger partial charge in [-0.1, -0.05) is 0 Å². The fourth-order valence-corrected chi connectivity index (χ4v) is 1.70. The number of halogens is 1. The van der Waals surface area contributed by atoms with Crippen LogP contribution < -0.4 is 5.32 Å². The Hall–Kier alpha value is -0.620. The standard InChI is InChI=1S/C7H11BrN2O3/c1-13-5-3-2-4-9-6(5)7(8)10(11)12/h5,9H,2-4H2,1H3. The molecule has 1 fully saturated rings. The summed E-state index contributed by atoms with van der Waals surface area (Å²) in [5.41, 5.74) is 0.541. The number of methoxy groups -OCH3 is 1. The summed E-state index contributed by atoms with van der Waals surface area (Å²) in [6.07, 6.45) is 1.61. The van der Waals surface area contributed by atoms with E-state index >= 15 is 0 Å². The molecule has 1 N–H and O–H groups in total. The average Bonchev–Trinajstić information content (AvgIpc) is 2.16. The highest BCUT2D eigenvalue weighted by Gasteiger charge is 2.26. The highest BCUT2D eigenvalue weighted by Crippen LogP contribution is 2.21. The number of piperidine rings is 1. The van der Waals surface area contributed by atoms with E-state index in [1.807, 2.05) is 0 Å². The van der Waals surface area contributed by atoms with E-state index < -0.39 is 4.92 Å². The van der Waals surface area contributed by atoms with Crippen LogP contribution in [0.5, 0.6) is 0 Å². The lowest BCUT2D eigenvalue weighted by Crippen LogP contribution is -2.34. The predicted molar refractivity (Wildman–Crippen MR) is 51.0 cm³/mol. The Morgan fingerprint density at radius 2 is 2.54 bits per heavy atom. The molecule has 1 rings (SSSR count). The molecule has 0 amide bonds. The topological polar surface area (TPSA) is 64.4 Å². The zero-order chi connectivity index (χ0) is 9.84.